The van der Waals surface area contributed by atoms with Crippen LogP contribution in [0, 0.1) is 10.8 Å². The molecule has 0 unspecified atom stereocenters. The summed E-state index contributed by atoms with van der Waals surface area (Å²) in [6, 6.07) is 71.6. The van der Waals surface area contributed by atoms with Gasteiger partial charge >= 0.3 is 417 Å². The molecule has 0 N–H and O–H groups in total. The zero-order valence-electron chi connectivity index (χ0n) is 40.4. The summed E-state index contributed by atoms with van der Waals surface area (Å²) in [5.41, 5.74) is 18.8. The molecule has 2 aromatic heterocycles. The maximum absolute atomic E-state index is 8.27. The molecule has 9 rings (SSSR count). The van der Waals surface area contributed by atoms with E-state index in [1.807, 2.05) is 0 Å². The molecule has 0 aliphatic carbocycles. The van der Waals surface area contributed by atoms with Gasteiger partial charge < -0.3 is 0 Å². The van der Waals surface area contributed by atoms with Crippen molar-refractivity contribution in [1.82, 2.24) is 8.97 Å². The van der Waals surface area contributed by atoms with Crippen molar-refractivity contribution in [2.75, 3.05) is 0 Å². The van der Waals surface area contributed by atoms with E-state index in [4.69, 9.17) is 9.53 Å². The van der Waals surface area contributed by atoms with Crippen LogP contribution < -0.4 is 0 Å². The number of rotatable bonds is 14. The van der Waals surface area contributed by atoms with Crippen LogP contribution in [0.25, 0.3) is 28.5 Å². The Bertz CT molecular complexity index is 3020. The van der Waals surface area contributed by atoms with E-state index in [9.17, 15) is 0 Å². The van der Waals surface area contributed by atoms with Gasteiger partial charge in [0.2, 0.25) is 0 Å². The second-order valence-electron chi connectivity index (χ2n) is 18.9. The second-order valence-corrected chi connectivity index (χ2v) is 23.2. The van der Waals surface area contributed by atoms with Gasteiger partial charge in [-0.25, -0.2) is 0 Å². The van der Waals surface area contributed by atoms with Gasteiger partial charge in [-0.2, -0.15) is 0 Å². The van der Waals surface area contributed by atoms with Crippen molar-refractivity contribution in [1.29, 1.82) is 0 Å². The average molecular weight is 1000 g/mol. The van der Waals surface area contributed by atoms with E-state index in [2.05, 4.69) is 270 Å². The molecular weight excluding hydrogens is 939 g/mol. The van der Waals surface area contributed by atoms with Crippen molar-refractivity contribution in [3.05, 3.63) is 271 Å². The third-order valence-electron chi connectivity index (χ3n) is 13.2. The number of benzene rings is 7. The first kappa shape index (κ1) is 47.0. The van der Waals surface area contributed by atoms with E-state index in [-0.39, 0.29) is 11.8 Å². The number of nitrogens with zero attached hydrogens (tertiary/aromatic N) is 2. The van der Waals surface area contributed by atoms with Gasteiger partial charge in [-0.05, 0) is 0 Å². The first-order valence-corrected chi connectivity index (χ1v) is 28.0. The topological polar surface area (TPSA) is 9.34 Å². The Morgan fingerprint density at radius 2 is 0.926 bits per heavy atom. The fourth-order valence-electron chi connectivity index (χ4n) is 9.96. The molecule has 348 valence electrons. The number of aromatic nitrogens is 2. The molecule has 9 aromatic rings. The van der Waals surface area contributed by atoms with Crippen LogP contribution in [0.2, 0.25) is 4.89 Å². The molecule has 2 heterocycles. The molecule has 0 saturated heterocycles. The summed E-state index contributed by atoms with van der Waals surface area (Å²) in [6.45, 7) is 16.3. The average Bonchev–Trinajstić information content (AvgIpc) is 3.75. The van der Waals surface area contributed by atoms with Gasteiger partial charge in [0.1, 0.15) is 0 Å². The minimum absolute atomic E-state index is 0.0736. The van der Waals surface area contributed by atoms with Crippen LogP contribution in [-0.2, 0) is 15.3 Å². The zero-order valence-corrected chi connectivity index (χ0v) is 42.7. The first-order chi connectivity index (χ1) is 33.1. The van der Waals surface area contributed by atoms with E-state index >= 15 is 0 Å². The van der Waals surface area contributed by atoms with Crippen LogP contribution in [-0.4, -0.2) is 8.97 Å². The van der Waals surface area contributed by atoms with Gasteiger partial charge in [0.05, 0.1) is 0 Å². The van der Waals surface area contributed by atoms with E-state index in [0.29, 0.717) is 17.8 Å². The quantitative estimate of drug-likeness (QED) is 0.0759. The van der Waals surface area contributed by atoms with Crippen LogP contribution in [0.15, 0.2) is 206 Å². The summed E-state index contributed by atoms with van der Waals surface area (Å²) in [5.74, 6) is 0.885. The van der Waals surface area contributed by atoms with E-state index in [0.717, 1.165) is 14.3 Å². The number of halogens is 1. The van der Waals surface area contributed by atoms with Crippen molar-refractivity contribution in [2.45, 2.75) is 82.9 Å². The van der Waals surface area contributed by atoms with Crippen LogP contribution in [0.1, 0.15) is 132 Å². The standard InChI is InChI=1S/C55H54N2.C9H9.ClH.Pd/c1-37(2)45-33-47(38(3)4)54(48(34-45)39(5)6)51-30-20-29-46-35-56(36-57(46)51)55-49(52(41-21-12-8-13-22-41)42-23-14-9-15-24-42)31-40(7)32-50(55)53(43-25-16-10-17-26-43)44-27-18-11-19-28-44;1-2-6-9-7-4-3-5-8-9;;/h8-35,37-39,52-53H,1-7H3;2-8H,1H2;1H;/q;;;-1/p-1. The van der Waals surface area contributed by atoms with Gasteiger partial charge in [-0.1, -0.05) is 0 Å². The number of fused-ring (bicyclic) bond motifs is 1. The molecule has 0 saturated carbocycles. The van der Waals surface area contributed by atoms with Gasteiger partial charge in [0, 0.05) is 0 Å². The van der Waals surface area contributed by atoms with Crippen LogP contribution >= 0.6 is 9.53 Å². The summed E-state index contributed by atoms with van der Waals surface area (Å²) in [6.07, 6.45) is 6.94. The number of pyridine rings is 1. The summed E-state index contributed by atoms with van der Waals surface area (Å²) in [4.78, 5) is 0.737. The fourth-order valence-corrected chi connectivity index (χ4v) is 13.2. The predicted molar refractivity (Wildman–Crippen MR) is 286 cm³/mol. The van der Waals surface area contributed by atoms with Crippen LogP contribution in [0.5, 0.6) is 0 Å². The SMILES string of the molecule is Cc1cc(C(c2ccccc2)c2ccccc2)c(-n2cc3cccc(-c4c(C(C)C)cc(C(C)C)cc4C(C)C)n3[c]2=[Pd-2]([Cl])[CH2]C=Cc2ccccc2)c(C(c2ccccc2)c2ccccc2)c1. The Labute approximate surface area is 414 Å². The number of imidazole rings is 1. The van der Waals surface area contributed by atoms with Crippen LogP contribution in [0.4, 0.5) is 0 Å². The molecule has 68 heavy (non-hydrogen) atoms. The Morgan fingerprint density at radius 3 is 1.35 bits per heavy atom. The molecule has 0 aliphatic rings. The molecule has 0 spiro atoms. The second kappa shape index (κ2) is 21.1. The molecule has 2 nitrogen and oxygen atoms in total. The molecule has 0 fully saturated rings. The maximum atomic E-state index is 8.27. The fraction of sp³-hybridized carbons (Fsp3) is 0.203. The third kappa shape index (κ3) is 9.77. The monoisotopic (exact) mass is 1000 g/mol. The molecule has 0 bridgehead atoms. The molecule has 0 radical (unpaired) electrons. The van der Waals surface area contributed by atoms with Gasteiger partial charge in [-0.15, -0.1) is 0 Å². The summed E-state index contributed by atoms with van der Waals surface area (Å²) in [5, 5.41) is 0. The van der Waals surface area contributed by atoms with Gasteiger partial charge in [0.15, 0.2) is 0 Å². The molecule has 0 atom stereocenters. The normalized spacial score (nSPS) is 13.0. The predicted octanol–water partition coefficient (Wildman–Crippen LogP) is 17.9. The Kier molecular flexibility index (Phi) is 14.6. The van der Waals surface area contributed by atoms with E-state index < -0.39 is 15.3 Å². The summed E-state index contributed by atoms with van der Waals surface area (Å²) < 4.78 is 6.25. The molecule has 0 aliphatic heterocycles. The zero-order chi connectivity index (χ0) is 47.3. The first-order valence-electron chi connectivity index (χ1n) is 24.1. The number of hydrogen-bond acceptors (Lipinski definition) is 0. The van der Waals surface area contributed by atoms with E-state index in [1.165, 1.54) is 78.1 Å². The minimum atomic E-state index is -2.06. The Morgan fingerprint density at radius 1 is 0.485 bits per heavy atom. The van der Waals surface area contributed by atoms with Gasteiger partial charge in [-0.3, -0.25) is 0 Å². The number of hydrogen-bond donors (Lipinski definition) is 0. The number of allylic oxidation sites excluding steroid dienone is 1. The van der Waals surface area contributed by atoms with Crippen LogP contribution in [0.3, 0.4) is 0 Å². The van der Waals surface area contributed by atoms with Crippen molar-refractivity contribution in [3.8, 4) is 16.9 Å². The van der Waals surface area contributed by atoms with Crippen molar-refractivity contribution >= 4 is 21.1 Å². The third-order valence-corrected chi connectivity index (χ3v) is 16.8. The Balaban J connectivity index is 1.47. The molecular formula is C64H63ClN2Pd-2. The van der Waals surface area contributed by atoms with Gasteiger partial charge in [0.25, 0.3) is 0 Å². The van der Waals surface area contributed by atoms with Crippen molar-refractivity contribution in [2.24, 2.45) is 0 Å². The molecule has 7 aromatic carbocycles. The van der Waals surface area contributed by atoms with Crippen molar-refractivity contribution < 1.29 is 15.3 Å². The summed E-state index contributed by atoms with van der Waals surface area (Å²) in [7, 11) is 8.27. The summed E-state index contributed by atoms with van der Waals surface area (Å²) >= 11 is -2.06. The number of aryl methyl sites for hydroxylation is 1. The van der Waals surface area contributed by atoms with Crippen molar-refractivity contribution in [3.63, 3.8) is 0 Å². The molecule has 0 amide bonds. The van der Waals surface area contributed by atoms with E-state index in [1.54, 1.807) is 0 Å². The Hall–Kier alpha value is -6.08. The molecule has 4 heteroatoms.